The molecule has 0 atom stereocenters. The molecule has 0 fully saturated rings. The molecular weight excluding hydrogens is 216 g/mol. The van der Waals surface area contributed by atoms with E-state index in [0.717, 1.165) is 24.2 Å². The second-order valence-electron chi connectivity index (χ2n) is 4.60. The van der Waals surface area contributed by atoms with Gasteiger partial charge in [-0.3, -0.25) is 4.79 Å². The average Bonchev–Trinajstić information content (AvgIpc) is 2.24. The van der Waals surface area contributed by atoms with E-state index in [2.05, 4.69) is 13.8 Å². The number of carboxylic acids is 1. The third-order valence-corrected chi connectivity index (χ3v) is 2.45. The molecule has 94 valence electrons. The van der Waals surface area contributed by atoms with Crippen molar-refractivity contribution < 1.29 is 14.6 Å². The van der Waals surface area contributed by atoms with Crippen LogP contribution in [0.1, 0.15) is 32.3 Å². The van der Waals surface area contributed by atoms with E-state index in [1.54, 1.807) is 12.1 Å². The highest BCUT2D eigenvalue weighted by molar-refractivity contribution is 5.70. The lowest BCUT2D eigenvalue weighted by Crippen LogP contribution is -2.02. The monoisotopic (exact) mass is 236 g/mol. The van der Waals surface area contributed by atoms with Gasteiger partial charge in [0.15, 0.2) is 0 Å². The van der Waals surface area contributed by atoms with Gasteiger partial charge in [-0.1, -0.05) is 26.0 Å². The second kappa shape index (κ2) is 6.94. The molecule has 0 bridgehead atoms. The van der Waals surface area contributed by atoms with E-state index in [-0.39, 0.29) is 6.42 Å². The van der Waals surface area contributed by atoms with Gasteiger partial charge in [-0.2, -0.15) is 0 Å². The van der Waals surface area contributed by atoms with Crippen molar-refractivity contribution in [2.45, 2.75) is 33.1 Å². The molecule has 0 saturated carbocycles. The zero-order valence-corrected chi connectivity index (χ0v) is 10.5. The number of hydrogen-bond donors (Lipinski definition) is 1. The van der Waals surface area contributed by atoms with Crippen LogP contribution in [-0.4, -0.2) is 17.7 Å². The smallest absolute Gasteiger partial charge is 0.307 e. The first kappa shape index (κ1) is 13.6. The molecule has 17 heavy (non-hydrogen) atoms. The van der Waals surface area contributed by atoms with E-state index in [4.69, 9.17) is 9.84 Å². The summed E-state index contributed by atoms with van der Waals surface area (Å²) in [5.74, 6) is 0.631. The molecule has 0 amide bonds. The molecule has 1 aromatic carbocycles. The van der Waals surface area contributed by atoms with E-state index < -0.39 is 5.97 Å². The predicted molar refractivity (Wildman–Crippen MR) is 67.3 cm³/mol. The predicted octanol–water partition coefficient (Wildman–Crippen LogP) is 3.13. The van der Waals surface area contributed by atoms with Crippen LogP contribution in [0.15, 0.2) is 24.3 Å². The van der Waals surface area contributed by atoms with Gasteiger partial charge < -0.3 is 9.84 Å². The van der Waals surface area contributed by atoms with Crippen LogP contribution in [-0.2, 0) is 11.2 Å². The molecule has 1 rings (SSSR count). The molecule has 0 aliphatic carbocycles. The molecular formula is C14H20O3. The Morgan fingerprint density at radius 1 is 1.41 bits per heavy atom. The van der Waals surface area contributed by atoms with E-state index in [1.165, 1.54) is 0 Å². The van der Waals surface area contributed by atoms with Crippen molar-refractivity contribution in [1.29, 1.82) is 0 Å². The molecule has 3 heteroatoms. The van der Waals surface area contributed by atoms with Crippen LogP contribution in [0, 0.1) is 5.92 Å². The van der Waals surface area contributed by atoms with Gasteiger partial charge in [-0.15, -0.1) is 0 Å². The lowest BCUT2D eigenvalue weighted by atomic mass is 10.1. The molecule has 0 saturated heterocycles. The van der Waals surface area contributed by atoms with E-state index >= 15 is 0 Å². The Morgan fingerprint density at radius 3 is 2.82 bits per heavy atom. The Kier molecular flexibility index (Phi) is 5.53. The molecule has 3 nitrogen and oxygen atoms in total. The van der Waals surface area contributed by atoms with Gasteiger partial charge >= 0.3 is 5.97 Å². The number of aliphatic carboxylic acids is 1. The first-order valence-electron chi connectivity index (χ1n) is 6.01. The van der Waals surface area contributed by atoms with Crippen molar-refractivity contribution in [3.63, 3.8) is 0 Å². The maximum atomic E-state index is 10.6. The molecule has 0 aliphatic heterocycles. The largest absolute Gasteiger partial charge is 0.494 e. The number of rotatable bonds is 7. The second-order valence-corrected chi connectivity index (χ2v) is 4.60. The molecule has 0 heterocycles. The quantitative estimate of drug-likeness (QED) is 0.740. The van der Waals surface area contributed by atoms with Crippen LogP contribution in [0.3, 0.4) is 0 Å². The van der Waals surface area contributed by atoms with Crippen LogP contribution in [0.2, 0.25) is 0 Å². The molecule has 1 aromatic rings. The zero-order valence-electron chi connectivity index (χ0n) is 10.5. The number of carbonyl (C=O) groups is 1. The molecule has 0 aliphatic rings. The Morgan fingerprint density at radius 2 is 2.18 bits per heavy atom. The highest BCUT2D eigenvalue weighted by Gasteiger charge is 2.02. The fourth-order valence-electron chi connectivity index (χ4n) is 1.60. The summed E-state index contributed by atoms with van der Waals surface area (Å²) in [7, 11) is 0. The topological polar surface area (TPSA) is 46.5 Å². The third-order valence-electron chi connectivity index (χ3n) is 2.45. The van der Waals surface area contributed by atoms with Gasteiger partial charge in [0.2, 0.25) is 0 Å². The molecule has 0 unspecified atom stereocenters. The summed E-state index contributed by atoms with van der Waals surface area (Å²) in [5, 5.41) is 8.69. The van der Waals surface area contributed by atoms with Gasteiger partial charge in [0.05, 0.1) is 13.0 Å². The standard InChI is InChI=1S/C14H20O3/c1-11(2)5-4-8-17-13-7-3-6-12(9-13)10-14(15)16/h3,6-7,9,11H,4-5,8,10H2,1-2H3,(H,15,16). The molecule has 0 aromatic heterocycles. The Bertz CT molecular complexity index is 358. The van der Waals surface area contributed by atoms with Gasteiger partial charge in [-0.25, -0.2) is 0 Å². The van der Waals surface area contributed by atoms with E-state index in [9.17, 15) is 4.79 Å². The summed E-state index contributed by atoms with van der Waals surface area (Å²) in [6.45, 7) is 5.07. The van der Waals surface area contributed by atoms with Crippen molar-refractivity contribution >= 4 is 5.97 Å². The lowest BCUT2D eigenvalue weighted by molar-refractivity contribution is -0.136. The molecule has 0 spiro atoms. The Hall–Kier alpha value is -1.51. The van der Waals surface area contributed by atoms with Crippen LogP contribution >= 0.6 is 0 Å². The minimum Gasteiger partial charge on any atom is -0.494 e. The number of benzene rings is 1. The first-order valence-corrected chi connectivity index (χ1v) is 6.01. The van der Waals surface area contributed by atoms with E-state index in [1.807, 2.05) is 12.1 Å². The fraction of sp³-hybridized carbons (Fsp3) is 0.500. The van der Waals surface area contributed by atoms with Crippen LogP contribution in [0.4, 0.5) is 0 Å². The van der Waals surface area contributed by atoms with Crippen molar-refractivity contribution in [3.8, 4) is 5.75 Å². The van der Waals surface area contributed by atoms with Crippen LogP contribution in [0.25, 0.3) is 0 Å². The third kappa shape index (κ3) is 5.95. The lowest BCUT2D eigenvalue weighted by Gasteiger charge is -2.08. The highest BCUT2D eigenvalue weighted by atomic mass is 16.5. The number of ether oxygens (including phenoxy) is 1. The Labute approximate surface area is 102 Å². The van der Waals surface area contributed by atoms with E-state index in [0.29, 0.717) is 12.5 Å². The summed E-state index contributed by atoms with van der Waals surface area (Å²) in [4.78, 5) is 10.6. The number of hydrogen-bond acceptors (Lipinski definition) is 2. The normalized spacial score (nSPS) is 10.5. The van der Waals surface area contributed by atoms with Crippen molar-refractivity contribution in [2.75, 3.05) is 6.61 Å². The fourth-order valence-corrected chi connectivity index (χ4v) is 1.60. The average molecular weight is 236 g/mol. The highest BCUT2D eigenvalue weighted by Crippen LogP contribution is 2.14. The number of carboxylic acid groups (broad SMARTS) is 1. The summed E-state index contributed by atoms with van der Waals surface area (Å²) in [6, 6.07) is 7.29. The zero-order chi connectivity index (χ0) is 12.7. The van der Waals surface area contributed by atoms with Crippen LogP contribution < -0.4 is 4.74 Å². The maximum Gasteiger partial charge on any atom is 0.307 e. The minimum atomic E-state index is -0.818. The SMILES string of the molecule is CC(C)CCCOc1cccc(CC(=O)O)c1. The summed E-state index contributed by atoms with van der Waals surface area (Å²) < 4.78 is 5.59. The van der Waals surface area contributed by atoms with Crippen molar-refractivity contribution in [2.24, 2.45) is 5.92 Å². The summed E-state index contributed by atoms with van der Waals surface area (Å²) in [5.41, 5.74) is 0.777. The summed E-state index contributed by atoms with van der Waals surface area (Å²) in [6.07, 6.45) is 2.22. The van der Waals surface area contributed by atoms with Crippen LogP contribution in [0.5, 0.6) is 5.75 Å². The maximum absolute atomic E-state index is 10.6. The van der Waals surface area contributed by atoms with Crippen molar-refractivity contribution in [1.82, 2.24) is 0 Å². The van der Waals surface area contributed by atoms with Gasteiger partial charge in [0.1, 0.15) is 5.75 Å². The van der Waals surface area contributed by atoms with Gasteiger partial charge in [0.25, 0.3) is 0 Å². The van der Waals surface area contributed by atoms with Crippen molar-refractivity contribution in [3.05, 3.63) is 29.8 Å². The van der Waals surface area contributed by atoms with Gasteiger partial charge in [-0.05, 0) is 36.5 Å². The Balaban J connectivity index is 2.40. The first-order chi connectivity index (χ1) is 8.08. The molecule has 0 radical (unpaired) electrons. The minimum absolute atomic E-state index is 0.0448. The van der Waals surface area contributed by atoms with Gasteiger partial charge in [0, 0.05) is 0 Å². The summed E-state index contributed by atoms with van der Waals surface area (Å²) >= 11 is 0. The molecule has 1 N–H and O–H groups in total.